The van der Waals surface area contributed by atoms with Crippen LogP contribution in [0.2, 0.25) is 0 Å². The third-order valence-electron chi connectivity index (χ3n) is 2.08. The number of hydrogen-bond donors (Lipinski definition) is 1. The van der Waals surface area contributed by atoms with E-state index in [1.807, 2.05) is 13.8 Å². The van der Waals surface area contributed by atoms with Gasteiger partial charge >= 0.3 is 0 Å². The largest absolute Gasteiger partial charge is 0.274 e. The van der Waals surface area contributed by atoms with Crippen LogP contribution in [0.4, 0.5) is 4.39 Å². The molecule has 0 atom stereocenters. The first-order valence-electron chi connectivity index (χ1n) is 5.23. The van der Waals surface area contributed by atoms with Gasteiger partial charge in [-0.2, -0.15) is 5.10 Å². The van der Waals surface area contributed by atoms with E-state index >= 15 is 0 Å². The van der Waals surface area contributed by atoms with E-state index in [0.29, 0.717) is 0 Å². The Morgan fingerprint density at radius 3 is 2.75 bits per heavy atom. The van der Waals surface area contributed by atoms with Crippen molar-refractivity contribution in [3.8, 4) is 0 Å². The van der Waals surface area contributed by atoms with Crippen LogP contribution in [-0.4, -0.2) is 11.6 Å². The second-order valence-corrected chi connectivity index (χ2v) is 3.52. The molecule has 1 N–H and O–H groups in total. The molecule has 0 bridgehead atoms. The Bertz CT molecular complexity index is 402. The van der Waals surface area contributed by atoms with Crippen molar-refractivity contribution >= 4 is 11.6 Å². The molecular formula is C12H15FN2O. The maximum atomic E-state index is 13.2. The minimum absolute atomic E-state index is 0.00977. The standard InChI is InChI=1S/C12H15FN2O/c1-3-6-9(2)14-15-12(16)10-7-4-5-8-11(10)13/h4-5,7-8H,3,6H2,1-2H3,(H,15,16). The van der Waals surface area contributed by atoms with Crippen molar-refractivity contribution in [2.75, 3.05) is 0 Å². The van der Waals surface area contributed by atoms with E-state index in [1.165, 1.54) is 18.2 Å². The Balaban J connectivity index is 2.67. The van der Waals surface area contributed by atoms with Crippen LogP contribution < -0.4 is 5.43 Å². The van der Waals surface area contributed by atoms with Crippen LogP contribution in [0.25, 0.3) is 0 Å². The van der Waals surface area contributed by atoms with Crippen LogP contribution >= 0.6 is 0 Å². The molecular weight excluding hydrogens is 207 g/mol. The summed E-state index contributed by atoms with van der Waals surface area (Å²) in [6.45, 7) is 3.85. The fourth-order valence-corrected chi connectivity index (χ4v) is 1.27. The smallest absolute Gasteiger partial charge is 0.267 e. The first-order valence-corrected chi connectivity index (χ1v) is 5.23. The Morgan fingerprint density at radius 2 is 2.12 bits per heavy atom. The molecule has 0 aromatic heterocycles. The molecule has 86 valence electrons. The number of hydrazone groups is 1. The second kappa shape index (κ2) is 6.00. The highest BCUT2D eigenvalue weighted by Crippen LogP contribution is 2.05. The number of carbonyl (C=O) groups excluding carboxylic acids is 1. The fourth-order valence-electron chi connectivity index (χ4n) is 1.27. The maximum Gasteiger partial charge on any atom is 0.274 e. The lowest BCUT2D eigenvalue weighted by atomic mass is 10.2. The van der Waals surface area contributed by atoms with Gasteiger partial charge in [0.25, 0.3) is 5.91 Å². The average Bonchev–Trinajstić information content (AvgIpc) is 2.27. The van der Waals surface area contributed by atoms with Crippen LogP contribution in [0.5, 0.6) is 0 Å². The predicted octanol–water partition coefficient (Wildman–Crippen LogP) is 2.73. The van der Waals surface area contributed by atoms with Crippen molar-refractivity contribution in [2.24, 2.45) is 5.10 Å². The summed E-state index contributed by atoms with van der Waals surface area (Å²) in [5.74, 6) is -1.06. The van der Waals surface area contributed by atoms with Crippen LogP contribution in [0, 0.1) is 5.82 Å². The van der Waals surface area contributed by atoms with Crippen molar-refractivity contribution in [1.82, 2.24) is 5.43 Å². The van der Waals surface area contributed by atoms with Crippen molar-refractivity contribution in [1.29, 1.82) is 0 Å². The summed E-state index contributed by atoms with van der Waals surface area (Å²) in [6, 6.07) is 5.82. The van der Waals surface area contributed by atoms with Crippen LogP contribution in [0.15, 0.2) is 29.4 Å². The number of halogens is 1. The Labute approximate surface area is 94.4 Å². The van der Waals surface area contributed by atoms with Gasteiger partial charge in [0.05, 0.1) is 5.56 Å². The Hall–Kier alpha value is -1.71. The van der Waals surface area contributed by atoms with E-state index in [1.54, 1.807) is 6.07 Å². The zero-order valence-electron chi connectivity index (χ0n) is 9.46. The van der Waals surface area contributed by atoms with Gasteiger partial charge in [-0.15, -0.1) is 0 Å². The van der Waals surface area contributed by atoms with Crippen molar-refractivity contribution in [3.63, 3.8) is 0 Å². The van der Waals surface area contributed by atoms with E-state index in [-0.39, 0.29) is 5.56 Å². The molecule has 16 heavy (non-hydrogen) atoms. The minimum Gasteiger partial charge on any atom is -0.267 e. The molecule has 0 heterocycles. The molecule has 1 aromatic carbocycles. The van der Waals surface area contributed by atoms with Crippen molar-refractivity contribution in [3.05, 3.63) is 35.6 Å². The second-order valence-electron chi connectivity index (χ2n) is 3.52. The highest BCUT2D eigenvalue weighted by atomic mass is 19.1. The molecule has 0 unspecified atom stereocenters. The van der Waals surface area contributed by atoms with E-state index in [0.717, 1.165) is 18.6 Å². The van der Waals surface area contributed by atoms with Gasteiger partial charge in [0, 0.05) is 5.71 Å². The molecule has 4 heteroatoms. The van der Waals surface area contributed by atoms with E-state index in [2.05, 4.69) is 10.5 Å². The third-order valence-corrected chi connectivity index (χ3v) is 2.08. The quantitative estimate of drug-likeness (QED) is 0.617. The van der Waals surface area contributed by atoms with Crippen LogP contribution in [0.3, 0.4) is 0 Å². The van der Waals surface area contributed by atoms with Gasteiger partial charge in [-0.1, -0.05) is 25.5 Å². The zero-order chi connectivity index (χ0) is 12.0. The molecule has 0 aliphatic heterocycles. The first kappa shape index (κ1) is 12.4. The topological polar surface area (TPSA) is 41.5 Å². The van der Waals surface area contributed by atoms with Gasteiger partial charge in [0.15, 0.2) is 0 Å². The molecule has 0 saturated heterocycles. The van der Waals surface area contributed by atoms with Gasteiger partial charge in [0.1, 0.15) is 5.82 Å². The van der Waals surface area contributed by atoms with Gasteiger partial charge in [-0.25, -0.2) is 9.82 Å². The van der Waals surface area contributed by atoms with Gasteiger partial charge in [-0.3, -0.25) is 4.79 Å². The van der Waals surface area contributed by atoms with E-state index < -0.39 is 11.7 Å². The van der Waals surface area contributed by atoms with Crippen molar-refractivity contribution < 1.29 is 9.18 Å². The normalized spacial score (nSPS) is 11.3. The summed E-state index contributed by atoms with van der Waals surface area (Å²) in [7, 11) is 0. The SMILES string of the molecule is CCCC(C)=NNC(=O)c1ccccc1F. The number of nitrogens with zero attached hydrogens (tertiary/aromatic N) is 1. The highest BCUT2D eigenvalue weighted by molar-refractivity contribution is 5.95. The molecule has 1 rings (SSSR count). The lowest BCUT2D eigenvalue weighted by Crippen LogP contribution is -2.20. The first-order chi connectivity index (χ1) is 7.65. The summed E-state index contributed by atoms with van der Waals surface area (Å²) in [5, 5.41) is 3.88. The zero-order valence-corrected chi connectivity index (χ0v) is 9.46. The molecule has 0 radical (unpaired) electrons. The fraction of sp³-hybridized carbons (Fsp3) is 0.333. The third kappa shape index (κ3) is 3.46. The summed E-state index contributed by atoms with van der Waals surface area (Å²) in [4.78, 5) is 11.5. The average molecular weight is 222 g/mol. The van der Waals surface area contributed by atoms with E-state index in [4.69, 9.17) is 0 Å². The Kier molecular flexibility index (Phi) is 4.64. The predicted molar refractivity (Wildman–Crippen MR) is 61.9 cm³/mol. The number of benzene rings is 1. The summed E-state index contributed by atoms with van der Waals surface area (Å²) < 4.78 is 13.2. The number of amides is 1. The van der Waals surface area contributed by atoms with Gasteiger partial charge in [-0.05, 0) is 25.5 Å². The lowest BCUT2D eigenvalue weighted by Gasteiger charge is -2.02. The van der Waals surface area contributed by atoms with Crippen LogP contribution in [0.1, 0.15) is 37.0 Å². The summed E-state index contributed by atoms with van der Waals surface area (Å²) in [6.07, 6.45) is 1.78. The molecule has 0 aliphatic rings. The van der Waals surface area contributed by atoms with Crippen LogP contribution in [-0.2, 0) is 0 Å². The number of hydrogen-bond acceptors (Lipinski definition) is 2. The van der Waals surface area contributed by atoms with Gasteiger partial charge < -0.3 is 0 Å². The Morgan fingerprint density at radius 1 is 1.44 bits per heavy atom. The molecule has 1 aromatic rings. The molecule has 0 aliphatic carbocycles. The minimum atomic E-state index is -0.539. The van der Waals surface area contributed by atoms with Crippen molar-refractivity contribution in [2.45, 2.75) is 26.7 Å². The molecule has 1 amide bonds. The van der Waals surface area contributed by atoms with Gasteiger partial charge in [0.2, 0.25) is 0 Å². The number of rotatable bonds is 4. The maximum absolute atomic E-state index is 13.2. The lowest BCUT2D eigenvalue weighted by molar-refractivity contribution is 0.0950. The van der Waals surface area contributed by atoms with E-state index in [9.17, 15) is 9.18 Å². The number of nitrogens with one attached hydrogen (secondary N) is 1. The summed E-state index contributed by atoms with van der Waals surface area (Å²) in [5.41, 5.74) is 3.17. The number of carbonyl (C=O) groups is 1. The molecule has 0 fully saturated rings. The molecule has 0 spiro atoms. The summed E-state index contributed by atoms with van der Waals surface area (Å²) >= 11 is 0. The highest BCUT2D eigenvalue weighted by Gasteiger charge is 2.09. The molecule has 3 nitrogen and oxygen atoms in total. The molecule has 0 saturated carbocycles. The monoisotopic (exact) mass is 222 g/mol.